The quantitative estimate of drug-likeness (QED) is 0.903. The highest BCUT2D eigenvalue weighted by Crippen LogP contribution is 2.19. The molecule has 1 unspecified atom stereocenters. The Bertz CT molecular complexity index is 569. The maximum absolute atomic E-state index is 6.02. The van der Waals surface area contributed by atoms with Crippen LogP contribution in [0, 0.1) is 6.92 Å². The van der Waals surface area contributed by atoms with Crippen molar-refractivity contribution in [2.24, 2.45) is 5.73 Å². The summed E-state index contributed by atoms with van der Waals surface area (Å²) in [5.41, 5.74) is 10.8. The van der Waals surface area contributed by atoms with Gasteiger partial charge in [0.1, 0.15) is 0 Å². The van der Waals surface area contributed by atoms with E-state index in [0.29, 0.717) is 5.92 Å². The third-order valence-corrected chi connectivity index (χ3v) is 3.73. The molecule has 20 heavy (non-hydrogen) atoms. The average molecular weight is 271 g/mol. The molecule has 0 aliphatic carbocycles. The zero-order valence-corrected chi connectivity index (χ0v) is 12.9. The second-order valence-corrected chi connectivity index (χ2v) is 5.83. The van der Waals surface area contributed by atoms with Gasteiger partial charge in [-0.05, 0) is 48.9 Å². The number of nitrogens with zero attached hydrogens (tertiary/aromatic N) is 2. The summed E-state index contributed by atoms with van der Waals surface area (Å²) in [7, 11) is 0. The van der Waals surface area contributed by atoms with Crippen LogP contribution in [-0.2, 0) is 6.42 Å². The standard InChI is InChI=1S/C17H25N3/c1-5-15(18)11-14-6-7-17(13(4)10-14)20-9-8-16(19-20)12(2)3/h6-10,12,15H,5,11,18H2,1-4H3. The number of hydrogen-bond donors (Lipinski definition) is 1. The SMILES string of the molecule is CCC(N)Cc1ccc(-n2ccc(C(C)C)n2)c(C)c1. The zero-order chi connectivity index (χ0) is 14.7. The molecule has 1 heterocycles. The van der Waals surface area contributed by atoms with E-state index in [0.717, 1.165) is 24.2 Å². The van der Waals surface area contributed by atoms with Crippen molar-refractivity contribution in [3.63, 3.8) is 0 Å². The van der Waals surface area contributed by atoms with Crippen LogP contribution in [0.15, 0.2) is 30.5 Å². The molecule has 0 saturated heterocycles. The molecule has 1 atom stereocenters. The molecule has 2 aromatic rings. The van der Waals surface area contributed by atoms with Gasteiger partial charge in [-0.25, -0.2) is 4.68 Å². The van der Waals surface area contributed by atoms with E-state index in [1.54, 1.807) is 0 Å². The third kappa shape index (κ3) is 3.28. The summed E-state index contributed by atoms with van der Waals surface area (Å²) in [5, 5.41) is 4.64. The molecule has 108 valence electrons. The first-order chi connectivity index (χ1) is 9.51. The van der Waals surface area contributed by atoms with Crippen LogP contribution in [0.2, 0.25) is 0 Å². The fraction of sp³-hybridized carbons (Fsp3) is 0.471. The van der Waals surface area contributed by atoms with Crippen molar-refractivity contribution in [1.29, 1.82) is 0 Å². The minimum Gasteiger partial charge on any atom is -0.327 e. The second kappa shape index (κ2) is 6.23. The number of benzene rings is 1. The van der Waals surface area contributed by atoms with Crippen molar-refractivity contribution in [3.8, 4) is 5.69 Å². The summed E-state index contributed by atoms with van der Waals surface area (Å²) < 4.78 is 1.97. The highest BCUT2D eigenvalue weighted by molar-refractivity contribution is 5.42. The molecular weight excluding hydrogens is 246 g/mol. The minimum absolute atomic E-state index is 0.248. The van der Waals surface area contributed by atoms with Gasteiger partial charge in [0.05, 0.1) is 11.4 Å². The van der Waals surface area contributed by atoms with E-state index < -0.39 is 0 Å². The Morgan fingerprint density at radius 3 is 2.55 bits per heavy atom. The van der Waals surface area contributed by atoms with Gasteiger partial charge in [0, 0.05) is 12.2 Å². The van der Waals surface area contributed by atoms with Crippen molar-refractivity contribution < 1.29 is 0 Å². The van der Waals surface area contributed by atoms with Gasteiger partial charge in [0.25, 0.3) is 0 Å². The lowest BCUT2D eigenvalue weighted by atomic mass is 10.0. The van der Waals surface area contributed by atoms with Crippen LogP contribution in [-0.4, -0.2) is 15.8 Å². The monoisotopic (exact) mass is 271 g/mol. The lowest BCUT2D eigenvalue weighted by molar-refractivity contribution is 0.646. The third-order valence-electron chi connectivity index (χ3n) is 3.73. The van der Waals surface area contributed by atoms with Crippen molar-refractivity contribution in [2.45, 2.75) is 52.5 Å². The normalized spacial score (nSPS) is 12.9. The topological polar surface area (TPSA) is 43.8 Å². The Hall–Kier alpha value is -1.61. The van der Waals surface area contributed by atoms with E-state index in [9.17, 15) is 0 Å². The predicted molar refractivity (Wildman–Crippen MR) is 84.4 cm³/mol. The highest BCUT2D eigenvalue weighted by atomic mass is 15.3. The van der Waals surface area contributed by atoms with E-state index in [1.807, 2.05) is 10.9 Å². The minimum atomic E-state index is 0.248. The molecule has 0 saturated carbocycles. The van der Waals surface area contributed by atoms with Gasteiger partial charge >= 0.3 is 0 Å². The Morgan fingerprint density at radius 2 is 2.00 bits per heavy atom. The van der Waals surface area contributed by atoms with Crippen LogP contribution in [0.1, 0.15) is 49.9 Å². The fourth-order valence-corrected chi connectivity index (χ4v) is 2.33. The van der Waals surface area contributed by atoms with Gasteiger partial charge < -0.3 is 5.73 Å². The first-order valence-electron chi connectivity index (χ1n) is 7.42. The number of aryl methyl sites for hydroxylation is 1. The molecule has 1 aromatic heterocycles. The van der Waals surface area contributed by atoms with Crippen LogP contribution < -0.4 is 5.73 Å². The number of nitrogens with two attached hydrogens (primary N) is 1. The first-order valence-corrected chi connectivity index (χ1v) is 7.42. The van der Waals surface area contributed by atoms with Crippen LogP contribution >= 0.6 is 0 Å². The molecule has 1 aromatic carbocycles. The fourth-order valence-electron chi connectivity index (χ4n) is 2.33. The van der Waals surface area contributed by atoms with E-state index >= 15 is 0 Å². The molecule has 2 N–H and O–H groups in total. The average Bonchev–Trinajstić information content (AvgIpc) is 2.88. The van der Waals surface area contributed by atoms with Crippen molar-refractivity contribution in [2.75, 3.05) is 0 Å². The number of rotatable bonds is 5. The smallest absolute Gasteiger partial charge is 0.0674 e. The highest BCUT2D eigenvalue weighted by Gasteiger charge is 2.08. The molecule has 3 heteroatoms. The van der Waals surface area contributed by atoms with Gasteiger partial charge in [-0.2, -0.15) is 5.10 Å². The van der Waals surface area contributed by atoms with Gasteiger partial charge in [-0.15, -0.1) is 0 Å². The molecule has 0 amide bonds. The van der Waals surface area contributed by atoms with E-state index in [-0.39, 0.29) is 6.04 Å². The summed E-state index contributed by atoms with van der Waals surface area (Å²) in [6.07, 6.45) is 3.99. The zero-order valence-electron chi connectivity index (χ0n) is 12.9. The van der Waals surface area contributed by atoms with Gasteiger partial charge in [-0.3, -0.25) is 0 Å². The van der Waals surface area contributed by atoms with E-state index in [4.69, 9.17) is 5.73 Å². The Labute approximate surface area is 121 Å². The van der Waals surface area contributed by atoms with Crippen LogP contribution in [0.4, 0.5) is 0 Å². The predicted octanol–water partition coefficient (Wildman–Crippen LogP) is 3.58. The summed E-state index contributed by atoms with van der Waals surface area (Å²) >= 11 is 0. The Balaban J connectivity index is 2.24. The maximum Gasteiger partial charge on any atom is 0.0674 e. The Kier molecular flexibility index (Phi) is 4.61. The lowest BCUT2D eigenvalue weighted by Crippen LogP contribution is -2.21. The molecule has 0 radical (unpaired) electrons. The second-order valence-electron chi connectivity index (χ2n) is 5.83. The summed E-state index contributed by atoms with van der Waals surface area (Å²) in [6, 6.07) is 8.86. The van der Waals surface area contributed by atoms with Crippen molar-refractivity contribution in [3.05, 3.63) is 47.3 Å². The van der Waals surface area contributed by atoms with Crippen LogP contribution in [0.5, 0.6) is 0 Å². The summed E-state index contributed by atoms with van der Waals surface area (Å²) in [4.78, 5) is 0. The molecule has 0 spiro atoms. The first kappa shape index (κ1) is 14.8. The van der Waals surface area contributed by atoms with Crippen LogP contribution in [0.3, 0.4) is 0 Å². The lowest BCUT2D eigenvalue weighted by Gasteiger charge is -2.12. The van der Waals surface area contributed by atoms with Gasteiger partial charge in [0.15, 0.2) is 0 Å². The summed E-state index contributed by atoms with van der Waals surface area (Å²) in [6.45, 7) is 8.58. The molecule has 0 bridgehead atoms. The molecule has 0 fully saturated rings. The number of hydrogen-bond acceptors (Lipinski definition) is 2. The number of aromatic nitrogens is 2. The van der Waals surface area contributed by atoms with E-state index in [1.165, 1.54) is 11.1 Å². The summed E-state index contributed by atoms with van der Waals surface area (Å²) in [5.74, 6) is 0.457. The van der Waals surface area contributed by atoms with E-state index in [2.05, 4.69) is 57.1 Å². The molecular formula is C17H25N3. The van der Waals surface area contributed by atoms with Crippen LogP contribution in [0.25, 0.3) is 5.69 Å². The van der Waals surface area contributed by atoms with Crippen molar-refractivity contribution >= 4 is 0 Å². The molecule has 0 aliphatic rings. The maximum atomic E-state index is 6.02. The van der Waals surface area contributed by atoms with Gasteiger partial charge in [0.2, 0.25) is 0 Å². The molecule has 3 nitrogen and oxygen atoms in total. The molecule has 2 rings (SSSR count). The largest absolute Gasteiger partial charge is 0.327 e. The Morgan fingerprint density at radius 1 is 1.25 bits per heavy atom. The van der Waals surface area contributed by atoms with Gasteiger partial charge in [-0.1, -0.05) is 32.9 Å². The van der Waals surface area contributed by atoms with Crippen molar-refractivity contribution in [1.82, 2.24) is 9.78 Å². The molecule has 0 aliphatic heterocycles.